The molecule has 31 heavy (non-hydrogen) atoms. The molecule has 3 heterocycles. The van der Waals surface area contributed by atoms with E-state index in [0.717, 1.165) is 20.9 Å². The largest absolute Gasteiger partial charge is 0.497 e. The van der Waals surface area contributed by atoms with Gasteiger partial charge in [0.05, 0.1) is 23.1 Å². The van der Waals surface area contributed by atoms with Crippen LogP contribution in [0.2, 0.25) is 0 Å². The Balaban J connectivity index is 1.30. The van der Waals surface area contributed by atoms with Gasteiger partial charge in [-0.05, 0) is 37.5 Å². The fraction of sp³-hybridized carbons (Fsp3) is 0.550. The van der Waals surface area contributed by atoms with Crippen LogP contribution in [0.5, 0.6) is 10.9 Å². The second-order valence-electron chi connectivity index (χ2n) is 7.64. The van der Waals surface area contributed by atoms with E-state index in [-0.39, 0.29) is 30.2 Å². The number of piperidine rings is 2. The average Bonchev–Trinajstić information content (AvgIpc) is 3.15. The third-order valence-corrected chi connectivity index (χ3v) is 8.35. The number of fused-ring (bicyclic) bond motifs is 1. The minimum Gasteiger partial charge on any atom is -0.497 e. The van der Waals surface area contributed by atoms with Gasteiger partial charge in [0.15, 0.2) is 0 Å². The molecular formula is C20H25N3O6S2. The molecule has 2 aromatic rings. The van der Waals surface area contributed by atoms with Crippen molar-refractivity contribution in [2.75, 3.05) is 32.5 Å². The second-order valence-corrected chi connectivity index (χ2v) is 10.7. The molecule has 2 amide bonds. The van der Waals surface area contributed by atoms with Crippen molar-refractivity contribution in [1.29, 1.82) is 0 Å². The van der Waals surface area contributed by atoms with Crippen molar-refractivity contribution < 1.29 is 27.5 Å². The molecule has 0 saturated carbocycles. The predicted octanol–water partition coefficient (Wildman–Crippen LogP) is 2.02. The summed E-state index contributed by atoms with van der Waals surface area (Å²) in [4.78, 5) is 29.3. The standard InChI is InChI=1S/C20H25N3O6S2/c1-28-15-5-6-16-17(13-15)30-20(21-16)29-14-7-9-22(10-8-14)31(26,27)12-11-23-18(24)3-2-4-19(23)25/h5-6,13-14H,2-4,7-12H2,1H3. The van der Waals surface area contributed by atoms with E-state index in [1.54, 1.807) is 7.11 Å². The van der Waals surface area contributed by atoms with E-state index in [1.165, 1.54) is 15.6 Å². The number of nitrogens with zero attached hydrogens (tertiary/aromatic N) is 3. The summed E-state index contributed by atoms with van der Waals surface area (Å²) < 4.78 is 39.0. The topological polar surface area (TPSA) is 106 Å². The Labute approximate surface area is 185 Å². The van der Waals surface area contributed by atoms with E-state index in [1.807, 2.05) is 18.2 Å². The van der Waals surface area contributed by atoms with Crippen molar-refractivity contribution in [1.82, 2.24) is 14.2 Å². The molecule has 2 saturated heterocycles. The monoisotopic (exact) mass is 467 g/mol. The summed E-state index contributed by atoms with van der Waals surface area (Å²) in [5.74, 6) is -0.0522. The number of ether oxygens (including phenoxy) is 2. The van der Waals surface area contributed by atoms with Gasteiger partial charge < -0.3 is 9.47 Å². The lowest BCUT2D eigenvalue weighted by atomic mass is 10.1. The fourth-order valence-electron chi connectivity index (χ4n) is 3.82. The summed E-state index contributed by atoms with van der Waals surface area (Å²) in [6.07, 6.45) is 2.14. The van der Waals surface area contributed by atoms with Crippen LogP contribution in [0.1, 0.15) is 32.1 Å². The quantitative estimate of drug-likeness (QED) is 0.574. The van der Waals surface area contributed by atoms with Crippen LogP contribution in [0.15, 0.2) is 18.2 Å². The zero-order valence-corrected chi connectivity index (χ0v) is 18.9. The number of carbonyl (C=O) groups excluding carboxylic acids is 2. The molecule has 0 bridgehead atoms. The summed E-state index contributed by atoms with van der Waals surface area (Å²) in [6.45, 7) is 0.604. The van der Waals surface area contributed by atoms with Crippen LogP contribution in [0.3, 0.4) is 0 Å². The summed E-state index contributed by atoms with van der Waals surface area (Å²) in [5, 5.41) is 0.562. The Morgan fingerprint density at radius 3 is 2.55 bits per heavy atom. The normalized spacial score (nSPS) is 19.2. The maximum atomic E-state index is 12.7. The zero-order valence-electron chi connectivity index (χ0n) is 17.3. The van der Waals surface area contributed by atoms with Crippen LogP contribution >= 0.6 is 11.3 Å². The number of sulfonamides is 1. The van der Waals surface area contributed by atoms with Crippen LogP contribution in [0.4, 0.5) is 0 Å². The molecule has 4 rings (SSSR count). The zero-order chi connectivity index (χ0) is 22.0. The molecule has 0 unspecified atom stereocenters. The number of benzene rings is 1. The van der Waals surface area contributed by atoms with E-state index in [2.05, 4.69) is 4.98 Å². The van der Waals surface area contributed by atoms with Gasteiger partial charge in [0.25, 0.3) is 5.19 Å². The van der Waals surface area contributed by atoms with Gasteiger partial charge in [0, 0.05) is 32.5 Å². The SMILES string of the molecule is COc1ccc2nc(OC3CCN(S(=O)(=O)CCN4C(=O)CCCC4=O)CC3)sc2c1. The van der Waals surface area contributed by atoms with Gasteiger partial charge in [-0.3, -0.25) is 14.5 Å². The molecule has 0 N–H and O–H groups in total. The Morgan fingerprint density at radius 2 is 1.87 bits per heavy atom. The van der Waals surface area contributed by atoms with Crippen molar-refractivity contribution in [2.45, 2.75) is 38.2 Å². The summed E-state index contributed by atoms with van der Waals surface area (Å²) >= 11 is 1.44. The average molecular weight is 468 g/mol. The van der Waals surface area contributed by atoms with Crippen LogP contribution in [0.25, 0.3) is 10.2 Å². The van der Waals surface area contributed by atoms with Crippen molar-refractivity contribution in [2.24, 2.45) is 0 Å². The summed E-state index contributed by atoms with van der Waals surface area (Å²) in [5.41, 5.74) is 0.836. The molecule has 2 fully saturated rings. The van der Waals surface area contributed by atoms with Crippen molar-refractivity contribution in [3.63, 3.8) is 0 Å². The van der Waals surface area contributed by atoms with Gasteiger partial charge in [-0.25, -0.2) is 17.7 Å². The van der Waals surface area contributed by atoms with E-state index >= 15 is 0 Å². The maximum absolute atomic E-state index is 12.7. The molecule has 1 aromatic heterocycles. The number of imide groups is 1. The fourth-order valence-corrected chi connectivity index (χ4v) is 6.17. The van der Waals surface area contributed by atoms with Gasteiger partial charge in [-0.1, -0.05) is 11.3 Å². The van der Waals surface area contributed by atoms with Gasteiger partial charge >= 0.3 is 0 Å². The number of hydrogen-bond acceptors (Lipinski definition) is 8. The number of hydrogen-bond donors (Lipinski definition) is 0. The minimum absolute atomic E-state index is 0.0778. The lowest BCUT2D eigenvalue weighted by Crippen LogP contribution is -2.47. The van der Waals surface area contributed by atoms with Gasteiger partial charge in [-0.15, -0.1) is 0 Å². The third-order valence-electron chi connectivity index (χ3n) is 5.59. The molecular weight excluding hydrogens is 442 g/mol. The first kappa shape index (κ1) is 22.0. The molecule has 168 valence electrons. The van der Waals surface area contributed by atoms with Crippen LogP contribution in [-0.4, -0.2) is 73.0 Å². The summed E-state index contributed by atoms with van der Waals surface area (Å²) in [6, 6.07) is 5.64. The number of aromatic nitrogens is 1. The van der Waals surface area contributed by atoms with Crippen molar-refractivity contribution in [3.8, 4) is 10.9 Å². The molecule has 9 nitrogen and oxygen atoms in total. The first-order chi connectivity index (χ1) is 14.9. The number of methoxy groups -OCH3 is 1. The Kier molecular flexibility index (Phi) is 6.44. The predicted molar refractivity (Wildman–Crippen MR) is 116 cm³/mol. The van der Waals surface area contributed by atoms with E-state index in [0.29, 0.717) is 50.4 Å². The minimum atomic E-state index is -3.55. The first-order valence-electron chi connectivity index (χ1n) is 10.3. The maximum Gasteiger partial charge on any atom is 0.274 e. The highest BCUT2D eigenvalue weighted by molar-refractivity contribution is 7.89. The van der Waals surface area contributed by atoms with Crippen molar-refractivity contribution >= 4 is 43.4 Å². The summed E-state index contributed by atoms with van der Waals surface area (Å²) in [7, 11) is -1.93. The highest BCUT2D eigenvalue weighted by Gasteiger charge is 2.32. The van der Waals surface area contributed by atoms with Gasteiger partial charge in [0.1, 0.15) is 11.9 Å². The molecule has 0 radical (unpaired) electrons. The molecule has 0 aliphatic carbocycles. The highest BCUT2D eigenvalue weighted by atomic mass is 32.2. The molecule has 2 aliphatic rings. The number of carbonyl (C=O) groups is 2. The second kappa shape index (κ2) is 9.09. The number of likely N-dealkylation sites (tertiary alicyclic amines) is 1. The molecule has 0 spiro atoms. The highest BCUT2D eigenvalue weighted by Crippen LogP contribution is 2.32. The van der Waals surface area contributed by atoms with E-state index < -0.39 is 10.0 Å². The van der Waals surface area contributed by atoms with Crippen LogP contribution in [-0.2, 0) is 19.6 Å². The van der Waals surface area contributed by atoms with Gasteiger partial charge in [0.2, 0.25) is 21.8 Å². The molecule has 11 heteroatoms. The van der Waals surface area contributed by atoms with E-state index in [9.17, 15) is 18.0 Å². The Hall–Kier alpha value is -2.24. The lowest BCUT2D eigenvalue weighted by molar-refractivity contribution is -0.147. The first-order valence-corrected chi connectivity index (χ1v) is 12.7. The smallest absolute Gasteiger partial charge is 0.274 e. The number of rotatable bonds is 7. The van der Waals surface area contributed by atoms with E-state index in [4.69, 9.17) is 9.47 Å². The Bertz CT molecular complexity index is 1060. The number of amides is 2. The Morgan fingerprint density at radius 1 is 1.16 bits per heavy atom. The van der Waals surface area contributed by atoms with Crippen LogP contribution < -0.4 is 9.47 Å². The van der Waals surface area contributed by atoms with Crippen LogP contribution in [0, 0.1) is 0 Å². The van der Waals surface area contributed by atoms with Gasteiger partial charge in [-0.2, -0.15) is 0 Å². The lowest BCUT2D eigenvalue weighted by Gasteiger charge is -2.31. The molecule has 0 atom stereocenters. The third kappa shape index (κ3) is 4.99. The molecule has 2 aliphatic heterocycles. The number of thiazole rings is 1. The van der Waals surface area contributed by atoms with Crippen molar-refractivity contribution in [3.05, 3.63) is 18.2 Å². The molecule has 1 aromatic carbocycles.